The van der Waals surface area contributed by atoms with Crippen molar-refractivity contribution in [2.75, 3.05) is 26.2 Å². The quantitative estimate of drug-likeness (QED) is 0.562. The van der Waals surface area contributed by atoms with Crippen molar-refractivity contribution in [3.8, 4) is 0 Å². The zero-order valence-corrected chi connectivity index (χ0v) is 11.6. The molecule has 8 nitrogen and oxygen atoms in total. The number of hydrogen-bond donors (Lipinski definition) is 2. The highest BCUT2D eigenvalue weighted by atomic mass is 16.2. The number of hydrogen-bond acceptors (Lipinski definition) is 6. The van der Waals surface area contributed by atoms with Gasteiger partial charge in [0, 0.05) is 26.2 Å². The van der Waals surface area contributed by atoms with Crippen molar-refractivity contribution in [1.82, 2.24) is 20.4 Å². The molecule has 0 aliphatic carbocycles. The molecule has 3 saturated heterocycles. The highest BCUT2D eigenvalue weighted by Gasteiger charge is 2.39. The first-order chi connectivity index (χ1) is 10.0. The Morgan fingerprint density at radius 3 is 1.48 bits per heavy atom. The summed E-state index contributed by atoms with van der Waals surface area (Å²) in [5.74, 6) is -0.928. The molecule has 0 saturated carbocycles. The summed E-state index contributed by atoms with van der Waals surface area (Å²) in [5, 5.41) is 4.64. The van der Waals surface area contributed by atoms with Gasteiger partial charge >= 0.3 is 0 Å². The lowest BCUT2D eigenvalue weighted by atomic mass is 10.2. The van der Waals surface area contributed by atoms with Crippen LogP contribution in [-0.2, 0) is 19.2 Å². The highest BCUT2D eigenvalue weighted by Crippen LogP contribution is 2.17. The van der Waals surface area contributed by atoms with Crippen LogP contribution in [0.5, 0.6) is 0 Å². The molecule has 0 aromatic heterocycles. The molecule has 114 valence electrons. The van der Waals surface area contributed by atoms with Crippen molar-refractivity contribution < 1.29 is 19.2 Å². The summed E-state index contributed by atoms with van der Waals surface area (Å²) >= 11 is 0. The van der Waals surface area contributed by atoms with Gasteiger partial charge in [-0.15, -0.1) is 0 Å². The van der Waals surface area contributed by atoms with Crippen LogP contribution in [0.15, 0.2) is 0 Å². The van der Waals surface area contributed by atoms with E-state index in [1.165, 1.54) is 0 Å². The fourth-order valence-corrected chi connectivity index (χ4v) is 3.25. The average Bonchev–Trinajstić information content (AvgIpc) is 2.83. The van der Waals surface area contributed by atoms with Gasteiger partial charge in [0.25, 0.3) is 0 Å². The Hall–Kier alpha value is -1.80. The van der Waals surface area contributed by atoms with Gasteiger partial charge in [-0.05, 0) is 6.42 Å². The Kier molecular flexibility index (Phi) is 3.73. The molecule has 3 fully saturated rings. The first-order valence-electron chi connectivity index (χ1n) is 7.20. The van der Waals surface area contributed by atoms with Crippen LogP contribution < -0.4 is 10.6 Å². The third-order valence-corrected chi connectivity index (χ3v) is 4.33. The molecule has 0 bridgehead atoms. The van der Waals surface area contributed by atoms with E-state index in [9.17, 15) is 19.2 Å². The van der Waals surface area contributed by atoms with Crippen LogP contribution in [0, 0.1) is 0 Å². The van der Waals surface area contributed by atoms with Crippen LogP contribution >= 0.6 is 0 Å². The lowest BCUT2D eigenvalue weighted by Crippen LogP contribution is -2.45. The number of carbonyl (C=O) groups excluding carboxylic acids is 4. The first kappa shape index (κ1) is 14.2. The number of imide groups is 2. The molecule has 3 rings (SSSR count). The minimum Gasteiger partial charge on any atom is -0.295 e. The van der Waals surface area contributed by atoms with Gasteiger partial charge < -0.3 is 0 Å². The van der Waals surface area contributed by atoms with Crippen LogP contribution in [-0.4, -0.2) is 71.7 Å². The van der Waals surface area contributed by atoms with Crippen molar-refractivity contribution in [2.24, 2.45) is 0 Å². The maximum absolute atomic E-state index is 11.7. The number of nitrogens with zero attached hydrogens (tertiary/aromatic N) is 2. The van der Waals surface area contributed by atoms with Gasteiger partial charge in [-0.2, -0.15) is 0 Å². The number of rotatable bonds is 2. The smallest absolute Gasteiger partial charge is 0.244 e. The number of nitrogens with one attached hydrogen (secondary N) is 2. The van der Waals surface area contributed by atoms with Crippen molar-refractivity contribution in [3.05, 3.63) is 0 Å². The fraction of sp³-hybridized carbons (Fsp3) is 0.692. The van der Waals surface area contributed by atoms with Crippen LogP contribution in [0.4, 0.5) is 0 Å². The van der Waals surface area contributed by atoms with Gasteiger partial charge in [0.05, 0.1) is 24.9 Å². The Morgan fingerprint density at radius 1 is 0.714 bits per heavy atom. The van der Waals surface area contributed by atoms with E-state index in [4.69, 9.17) is 0 Å². The minimum absolute atomic E-state index is 0.210. The van der Waals surface area contributed by atoms with Crippen molar-refractivity contribution in [2.45, 2.75) is 31.3 Å². The van der Waals surface area contributed by atoms with Gasteiger partial charge in [-0.1, -0.05) is 0 Å². The second-order valence-corrected chi connectivity index (χ2v) is 5.69. The standard InChI is InChI=1S/C13H18N4O4/c18-10-6-8(12(20)14-10)16-2-1-3-17(5-4-16)9-7-11(19)15-13(9)21/h8-9H,1-7H2,(H,14,18,20)(H,15,19,21)/t8-,9-/m0/s1. The minimum atomic E-state index is -0.392. The predicted octanol–water partition coefficient (Wildman–Crippen LogP) is -2.18. The van der Waals surface area contributed by atoms with Gasteiger partial charge in [0.1, 0.15) is 0 Å². The third kappa shape index (κ3) is 2.81. The SMILES string of the molecule is O=C1C[C@H](N2CCCN([C@H]3CC(=O)NC3=O)CC2)C(=O)N1. The van der Waals surface area contributed by atoms with Gasteiger partial charge in [-0.3, -0.25) is 39.6 Å². The van der Waals surface area contributed by atoms with Gasteiger partial charge in [0.2, 0.25) is 23.6 Å². The molecule has 0 aromatic rings. The van der Waals surface area contributed by atoms with Crippen molar-refractivity contribution >= 4 is 23.6 Å². The average molecular weight is 294 g/mol. The zero-order valence-electron chi connectivity index (χ0n) is 11.6. The molecular weight excluding hydrogens is 276 g/mol. The number of amides is 4. The van der Waals surface area contributed by atoms with E-state index in [1.54, 1.807) is 0 Å². The van der Waals surface area contributed by atoms with E-state index >= 15 is 0 Å². The van der Waals surface area contributed by atoms with Gasteiger partial charge in [-0.25, -0.2) is 0 Å². The van der Waals surface area contributed by atoms with E-state index in [2.05, 4.69) is 10.6 Å². The fourth-order valence-electron chi connectivity index (χ4n) is 3.25. The van der Waals surface area contributed by atoms with Crippen LogP contribution in [0.2, 0.25) is 0 Å². The first-order valence-corrected chi connectivity index (χ1v) is 7.20. The summed E-state index contributed by atoms with van der Waals surface area (Å²) < 4.78 is 0. The topological polar surface area (TPSA) is 98.8 Å². The molecule has 21 heavy (non-hydrogen) atoms. The lowest BCUT2D eigenvalue weighted by molar-refractivity contribution is -0.128. The van der Waals surface area contributed by atoms with Crippen LogP contribution in [0.3, 0.4) is 0 Å². The third-order valence-electron chi connectivity index (χ3n) is 4.33. The van der Waals surface area contributed by atoms with Gasteiger partial charge in [0.15, 0.2) is 0 Å². The van der Waals surface area contributed by atoms with E-state index in [1.807, 2.05) is 9.80 Å². The summed E-state index contributed by atoms with van der Waals surface area (Å²) in [4.78, 5) is 50.0. The Labute approximate surface area is 121 Å². The molecule has 0 radical (unpaired) electrons. The molecule has 4 amide bonds. The molecule has 2 N–H and O–H groups in total. The molecule has 2 atom stereocenters. The van der Waals surface area contributed by atoms with Crippen LogP contribution in [0.1, 0.15) is 19.3 Å². The van der Waals surface area contributed by atoms with E-state index < -0.39 is 12.1 Å². The summed E-state index contributed by atoms with van der Waals surface area (Å²) in [6.45, 7) is 2.65. The van der Waals surface area contributed by atoms with Crippen molar-refractivity contribution in [1.29, 1.82) is 0 Å². The summed E-state index contributed by atoms with van der Waals surface area (Å²) in [5.41, 5.74) is 0. The Morgan fingerprint density at radius 2 is 1.14 bits per heavy atom. The largest absolute Gasteiger partial charge is 0.295 e. The highest BCUT2D eigenvalue weighted by molar-refractivity contribution is 6.06. The molecule has 0 unspecified atom stereocenters. The maximum Gasteiger partial charge on any atom is 0.244 e. The Balaban J connectivity index is 1.62. The summed E-state index contributed by atoms with van der Waals surface area (Å²) in [6, 6.07) is -0.784. The van der Waals surface area contributed by atoms with E-state index in [0.29, 0.717) is 26.2 Å². The summed E-state index contributed by atoms with van der Waals surface area (Å²) in [7, 11) is 0. The lowest BCUT2D eigenvalue weighted by Gasteiger charge is -2.26. The Bertz CT molecular complexity index is 462. The monoisotopic (exact) mass is 294 g/mol. The molecule has 8 heteroatoms. The van der Waals surface area contributed by atoms with Crippen LogP contribution in [0.25, 0.3) is 0 Å². The predicted molar refractivity (Wildman–Crippen MR) is 70.9 cm³/mol. The zero-order chi connectivity index (χ0) is 15.0. The normalized spacial score (nSPS) is 32.2. The molecular formula is C13H18N4O4. The van der Waals surface area contributed by atoms with E-state index in [-0.39, 0.29) is 36.5 Å². The molecule has 3 aliphatic heterocycles. The second-order valence-electron chi connectivity index (χ2n) is 5.69. The molecule has 0 aromatic carbocycles. The maximum atomic E-state index is 11.7. The summed E-state index contributed by atoms with van der Waals surface area (Å²) in [6.07, 6.45) is 1.22. The number of carbonyl (C=O) groups is 4. The van der Waals surface area contributed by atoms with Crippen molar-refractivity contribution in [3.63, 3.8) is 0 Å². The molecule has 0 spiro atoms. The molecule has 3 aliphatic rings. The van der Waals surface area contributed by atoms with E-state index in [0.717, 1.165) is 6.42 Å². The molecule has 3 heterocycles. The second kappa shape index (κ2) is 5.53.